The normalized spacial score (nSPS) is 23.0. The maximum Gasteiger partial charge on any atom is 0.146 e. The van der Waals surface area contributed by atoms with E-state index in [4.69, 9.17) is 9.47 Å². The first-order chi connectivity index (χ1) is 14.8. The van der Waals surface area contributed by atoms with Gasteiger partial charge in [0.05, 0.1) is 27.2 Å². The maximum atomic E-state index is 6.84. The van der Waals surface area contributed by atoms with Gasteiger partial charge in [-0.2, -0.15) is 0 Å². The van der Waals surface area contributed by atoms with Gasteiger partial charge >= 0.3 is 0 Å². The molecule has 3 nitrogen and oxygen atoms in total. The molecule has 2 heterocycles. The van der Waals surface area contributed by atoms with Gasteiger partial charge in [-0.3, -0.25) is 0 Å². The van der Waals surface area contributed by atoms with Crippen LogP contribution in [0.15, 0.2) is 45.4 Å². The molecular formula is C26H27Br2NO2. The predicted molar refractivity (Wildman–Crippen MR) is 135 cm³/mol. The molecule has 2 aromatic rings. The highest BCUT2D eigenvalue weighted by atomic mass is 79.9. The number of nitrogens with one attached hydrogen (secondary N) is 1. The third kappa shape index (κ3) is 3.45. The van der Waals surface area contributed by atoms with Gasteiger partial charge in [0.2, 0.25) is 0 Å². The number of fused-ring (bicyclic) bond motifs is 5. The van der Waals surface area contributed by atoms with Crippen molar-refractivity contribution < 1.29 is 9.47 Å². The van der Waals surface area contributed by atoms with Crippen LogP contribution in [-0.2, 0) is 0 Å². The van der Waals surface area contributed by atoms with E-state index in [-0.39, 0.29) is 11.6 Å². The van der Waals surface area contributed by atoms with Crippen LogP contribution in [0, 0.1) is 5.92 Å². The van der Waals surface area contributed by atoms with E-state index in [1.807, 2.05) is 6.07 Å². The van der Waals surface area contributed by atoms with Crippen molar-refractivity contribution in [2.45, 2.75) is 51.7 Å². The smallest absolute Gasteiger partial charge is 0.146 e. The van der Waals surface area contributed by atoms with Crippen LogP contribution in [0.25, 0.3) is 16.7 Å². The number of benzene rings is 2. The van der Waals surface area contributed by atoms with Crippen LogP contribution in [0.5, 0.6) is 11.5 Å². The zero-order valence-corrected chi connectivity index (χ0v) is 21.5. The standard InChI is InChI=1S/C26H27Br2NO2/c1-14-13-26(2,3)29-19-11-10-16-21(20(14)19)23(15-8-6-5-7-9-15)31-25-18(28)12-17(27)24(30-4)22(16)25/h6,8,10-13,15,23,29H,5,7,9H2,1-4H3. The van der Waals surface area contributed by atoms with E-state index < -0.39 is 0 Å². The van der Waals surface area contributed by atoms with Gasteiger partial charge in [-0.25, -0.2) is 0 Å². The summed E-state index contributed by atoms with van der Waals surface area (Å²) in [6, 6.07) is 6.46. The molecule has 0 fully saturated rings. The number of methoxy groups -OCH3 is 1. The second-order valence-electron chi connectivity index (χ2n) is 9.26. The van der Waals surface area contributed by atoms with Crippen molar-refractivity contribution in [3.63, 3.8) is 0 Å². The van der Waals surface area contributed by atoms with Crippen LogP contribution in [0.1, 0.15) is 57.3 Å². The summed E-state index contributed by atoms with van der Waals surface area (Å²) in [5.74, 6) is 2.02. The Morgan fingerprint density at radius 2 is 1.97 bits per heavy atom. The molecule has 2 aromatic carbocycles. The van der Waals surface area contributed by atoms with Gasteiger partial charge in [-0.05, 0) is 95.2 Å². The first-order valence-corrected chi connectivity index (χ1v) is 12.4. The summed E-state index contributed by atoms with van der Waals surface area (Å²) in [4.78, 5) is 0. The average molecular weight is 545 g/mol. The van der Waals surface area contributed by atoms with Crippen LogP contribution >= 0.6 is 31.9 Å². The van der Waals surface area contributed by atoms with E-state index in [2.05, 4.69) is 88.3 Å². The highest BCUT2D eigenvalue weighted by molar-refractivity contribution is 9.11. The lowest BCUT2D eigenvalue weighted by molar-refractivity contribution is 0.145. The molecule has 1 aliphatic carbocycles. The Hall–Kier alpha value is -1.72. The minimum atomic E-state index is -0.0806. The van der Waals surface area contributed by atoms with Crippen molar-refractivity contribution in [1.29, 1.82) is 0 Å². The SMILES string of the molecule is COc1c(Br)cc(Br)c2c1-c1ccc3c(c1C(C1C=CCCC1)O2)C(C)=CC(C)(C)N3. The Kier molecular flexibility index (Phi) is 5.25. The molecule has 2 atom stereocenters. The summed E-state index contributed by atoms with van der Waals surface area (Å²) in [5, 5.41) is 3.72. The molecule has 5 heteroatoms. The van der Waals surface area contributed by atoms with E-state index in [1.165, 1.54) is 34.4 Å². The quantitative estimate of drug-likeness (QED) is 0.386. The molecule has 162 valence electrons. The van der Waals surface area contributed by atoms with Crippen LogP contribution in [0.2, 0.25) is 0 Å². The molecule has 3 aliphatic rings. The Bertz CT molecular complexity index is 1130. The summed E-state index contributed by atoms with van der Waals surface area (Å²) in [6.45, 7) is 6.64. The summed E-state index contributed by atoms with van der Waals surface area (Å²) < 4.78 is 14.5. The minimum absolute atomic E-state index is 0.0393. The summed E-state index contributed by atoms with van der Waals surface area (Å²) in [6.07, 6.45) is 10.4. The van der Waals surface area contributed by atoms with E-state index >= 15 is 0 Å². The number of hydrogen-bond acceptors (Lipinski definition) is 3. The molecule has 5 rings (SSSR count). The average Bonchev–Trinajstić information content (AvgIpc) is 2.72. The Morgan fingerprint density at radius 1 is 1.16 bits per heavy atom. The molecule has 31 heavy (non-hydrogen) atoms. The zero-order valence-electron chi connectivity index (χ0n) is 18.3. The molecule has 0 saturated heterocycles. The van der Waals surface area contributed by atoms with Crippen molar-refractivity contribution in [2.75, 3.05) is 12.4 Å². The zero-order chi connectivity index (χ0) is 21.9. The van der Waals surface area contributed by atoms with Crippen LogP contribution in [0.4, 0.5) is 5.69 Å². The van der Waals surface area contributed by atoms with Gasteiger partial charge in [0, 0.05) is 22.7 Å². The molecule has 0 spiro atoms. The number of ether oxygens (including phenoxy) is 2. The number of anilines is 1. The summed E-state index contributed by atoms with van der Waals surface area (Å²) in [7, 11) is 1.72. The molecule has 2 unspecified atom stereocenters. The molecule has 0 aromatic heterocycles. The van der Waals surface area contributed by atoms with Crippen LogP contribution in [-0.4, -0.2) is 12.6 Å². The van der Waals surface area contributed by atoms with E-state index in [0.717, 1.165) is 38.8 Å². The third-order valence-electron chi connectivity index (χ3n) is 6.50. The third-order valence-corrected chi connectivity index (χ3v) is 7.68. The van der Waals surface area contributed by atoms with Crippen molar-refractivity contribution in [1.82, 2.24) is 0 Å². The molecule has 0 saturated carbocycles. The van der Waals surface area contributed by atoms with Crippen LogP contribution < -0.4 is 14.8 Å². The highest BCUT2D eigenvalue weighted by Gasteiger charge is 2.39. The fraction of sp³-hybridized carbons (Fsp3) is 0.385. The second kappa shape index (κ2) is 7.70. The van der Waals surface area contributed by atoms with E-state index in [9.17, 15) is 0 Å². The Morgan fingerprint density at radius 3 is 2.68 bits per heavy atom. The fourth-order valence-corrected chi connectivity index (χ4v) is 6.80. The van der Waals surface area contributed by atoms with Crippen LogP contribution in [0.3, 0.4) is 0 Å². The van der Waals surface area contributed by atoms with Crippen molar-refractivity contribution >= 4 is 43.1 Å². The largest absolute Gasteiger partial charge is 0.495 e. The van der Waals surface area contributed by atoms with Gasteiger partial charge < -0.3 is 14.8 Å². The van der Waals surface area contributed by atoms with Gasteiger partial charge in [0.1, 0.15) is 17.6 Å². The summed E-state index contributed by atoms with van der Waals surface area (Å²) >= 11 is 7.44. The van der Waals surface area contributed by atoms with Crippen molar-refractivity contribution in [3.05, 3.63) is 56.5 Å². The number of rotatable bonds is 2. The summed E-state index contributed by atoms with van der Waals surface area (Å²) in [5.41, 5.74) is 7.12. The van der Waals surface area contributed by atoms with E-state index in [1.54, 1.807) is 7.11 Å². The molecular weight excluding hydrogens is 518 g/mol. The van der Waals surface area contributed by atoms with E-state index in [0.29, 0.717) is 5.92 Å². The maximum absolute atomic E-state index is 6.84. The second-order valence-corrected chi connectivity index (χ2v) is 11.0. The lowest BCUT2D eigenvalue weighted by Gasteiger charge is -2.40. The molecule has 0 radical (unpaired) electrons. The van der Waals surface area contributed by atoms with Gasteiger partial charge in [0.25, 0.3) is 0 Å². The Labute approximate surface area is 201 Å². The fourth-order valence-electron chi connectivity index (χ4n) is 5.38. The highest BCUT2D eigenvalue weighted by Crippen LogP contribution is 2.57. The predicted octanol–water partition coefficient (Wildman–Crippen LogP) is 8.28. The van der Waals surface area contributed by atoms with Gasteiger partial charge in [-0.1, -0.05) is 24.3 Å². The topological polar surface area (TPSA) is 30.5 Å². The number of hydrogen-bond donors (Lipinski definition) is 1. The van der Waals surface area contributed by atoms with Crippen molar-refractivity contribution in [3.8, 4) is 22.6 Å². The lowest BCUT2D eigenvalue weighted by Crippen LogP contribution is -2.33. The number of allylic oxidation sites excluding steroid dienone is 2. The van der Waals surface area contributed by atoms with Crippen molar-refractivity contribution in [2.24, 2.45) is 5.92 Å². The monoisotopic (exact) mass is 543 g/mol. The molecule has 0 amide bonds. The molecule has 1 N–H and O–H groups in total. The first-order valence-electron chi connectivity index (χ1n) is 10.9. The van der Waals surface area contributed by atoms with Gasteiger partial charge in [0.15, 0.2) is 0 Å². The molecule has 0 bridgehead atoms. The minimum Gasteiger partial charge on any atom is -0.495 e. The molecule has 2 aliphatic heterocycles. The lowest BCUT2D eigenvalue weighted by atomic mass is 9.77. The van der Waals surface area contributed by atoms with Gasteiger partial charge in [-0.15, -0.1) is 0 Å². The Balaban J connectivity index is 1.83. The number of halogens is 2. The first kappa shape index (κ1) is 21.1.